The van der Waals surface area contributed by atoms with Crippen LogP contribution in [0.1, 0.15) is 23.0 Å². The summed E-state index contributed by atoms with van der Waals surface area (Å²) in [5.41, 5.74) is 9.28. The number of amides is 1. The molecule has 0 saturated heterocycles. The molecule has 5 nitrogen and oxygen atoms in total. The van der Waals surface area contributed by atoms with Crippen LogP contribution in [0.15, 0.2) is 34.3 Å². The van der Waals surface area contributed by atoms with E-state index >= 15 is 0 Å². The van der Waals surface area contributed by atoms with Crippen molar-refractivity contribution in [2.75, 3.05) is 5.32 Å². The number of carbonyl (C=O) groups is 1. The first-order valence-corrected chi connectivity index (χ1v) is 7.05. The zero-order valence-electron chi connectivity index (χ0n) is 11.2. The van der Waals surface area contributed by atoms with Crippen molar-refractivity contribution in [3.05, 3.63) is 41.2 Å². The number of aromatic nitrogens is 2. The van der Waals surface area contributed by atoms with E-state index in [1.807, 2.05) is 38.1 Å². The van der Waals surface area contributed by atoms with Crippen molar-refractivity contribution in [3.63, 3.8) is 0 Å². The van der Waals surface area contributed by atoms with Crippen LogP contribution < -0.4 is 11.1 Å². The number of benzene rings is 1. The molecule has 0 spiro atoms. The Kier molecular flexibility index (Phi) is 3.19. The van der Waals surface area contributed by atoms with Crippen LogP contribution in [0.5, 0.6) is 0 Å². The lowest BCUT2D eigenvalue weighted by atomic mass is 10.1. The van der Waals surface area contributed by atoms with Crippen molar-refractivity contribution in [2.45, 2.75) is 29.9 Å². The van der Waals surface area contributed by atoms with E-state index in [1.54, 1.807) is 0 Å². The van der Waals surface area contributed by atoms with Crippen LogP contribution in [0.3, 0.4) is 0 Å². The Labute approximate surface area is 121 Å². The van der Waals surface area contributed by atoms with Gasteiger partial charge in [-0.05, 0) is 43.8 Å². The molecule has 0 saturated carbocycles. The van der Waals surface area contributed by atoms with E-state index in [0.29, 0.717) is 5.16 Å². The lowest BCUT2D eigenvalue weighted by Crippen LogP contribution is -2.19. The largest absolute Gasteiger partial charge is 0.324 e. The number of hydrogen-bond acceptors (Lipinski definition) is 5. The fourth-order valence-electron chi connectivity index (χ4n) is 2.17. The monoisotopic (exact) mass is 286 g/mol. The van der Waals surface area contributed by atoms with Gasteiger partial charge in [0.05, 0.1) is 0 Å². The van der Waals surface area contributed by atoms with Gasteiger partial charge in [0.25, 0.3) is 0 Å². The lowest BCUT2D eigenvalue weighted by molar-refractivity contribution is -0.116. The van der Waals surface area contributed by atoms with Crippen LogP contribution in [0.4, 0.5) is 5.69 Å². The minimum absolute atomic E-state index is 0.162. The molecule has 1 unspecified atom stereocenters. The molecule has 3 N–H and O–H groups in total. The van der Waals surface area contributed by atoms with E-state index in [-0.39, 0.29) is 5.91 Å². The Morgan fingerprint density at radius 1 is 1.20 bits per heavy atom. The topological polar surface area (TPSA) is 80.9 Å². The first-order chi connectivity index (χ1) is 9.52. The standard InChI is InChI=1S/C14H14N4OS/c1-7-5-8(2)17-14(16-7)20-9-3-4-10-11(6-9)18-13(19)12(10)15/h3-6,12H,15H2,1-2H3,(H,18,19). The zero-order valence-corrected chi connectivity index (χ0v) is 12.0. The van der Waals surface area contributed by atoms with Crippen LogP contribution in [0, 0.1) is 13.8 Å². The average Bonchev–Trinajstić information content (AvgIpc) is 2.63. The minimum Gasteiger partial charge on any atom is -0.324 e. The quantitative estimate of drug-likeness (QED) is 0.827. The fraction of sp³-hybridized carbons (Fsp3) is 0.214. The third-order valence-corrected chi connectivity index (χ3v) is 3.93. The van der Waals surface area contributed by atoms with Gasteiger partial charge in [-0.15, -0.1) is 0 Å². The highest BCUT2D eigenvalue weighted by molar-refractivity contribution is 7.99. The first-order valence-electron chi connectivity index (χ1n) is 6.23. The van der Waals surface area contributed by atoms with Gasteiger partial charge in [0, 0.05) is 27.5 Å². The number of anilines is 1. The predicted molar refractivity (Wildman–Crippen MR) is 77.6 cm³/mol. The molecule has 0 fully saturated rings. The molecular weight excluding hydrogens is 272 g/mol. The van der Waals surface area contributed by atoms with Crippen molar-refractivity contribution < 1.29 is 4.79 Å². The smallest absolute Gasteiger partial charge is 0.245 e. The highest BCUT2D eigenvalue weighted by atomic mass is 32.2. The van der Waals surface area contributed by atoms with Crippen molar-refractivity contribution in [1.29, 1.82) is 0 Å². The number of nitrogens with zero attached hydrogens (tertiary/aromatic N) is 2. The van der Waals surface area contributed by atoms with Crippen LogP contribution >= 0.6 is 11.8 Å². The third-order valence-electron chi connectivity index (χ3n) is 3.07. The van der Waals surface area contributed by atoms with Gasteiger partial charge in [-0.25, -0.2) is 9.97 Å². The van der Waals surface area contributed by atoms with Crippen molar-refractivity contribution in [1.82, 2.24) is 9.97 Å². The highest BCUT2D eigenvalue weighted by Crippen LogP contribution is 2.34. The summed E-state index contributed by atoms with van der Waals surface area (Å²) >= 11 is 1.47. The number of nitrogens with two attached hydrogens (primary N) is 1. The molecule has 102 valence electrons. The summed E-state index contributed by atoms with van der Waals surface area (Å²) in [6, 6.07) is 7.09. The Balaban J connectivity index is 1.89. The Hall–Kier alpha value is -1.92. The molecule has 0 bridgehead atoms. The predicted octanol–water partition coefficient (Wildman–Crippen LogP) is 2.20. The average molecular weight is 286 g/mol. The maximum absolute atomic E-state index is 11.5. The van der Waals surface area contributed by atoms with Gasteiger partial charge in [0.1, 0.15) is 6.04 Å². The Morgan fingerprint density at radius 2 is 1.90 bits per heavy atom. The normalized spacial score (nSPS) is 16.9. The van der Waals surface area contributed by atoms with E-state index in [4.69, 9.17) is 5.73 Å². The Morgan fingerprint density at radius 3 is 2.60 bits per heavy atom. The number of aryl methyl sites for hydroxylation is 2. The van der Waals surface area contributed by atoms with Crippen LogP contribution in [-0.2, 0) is 4.79 Å². The maximum Gasteiger partial charge on any atom is 0.245 e. The summed E-state index contributed by atoms with van der Waals surface area (Å²) in [6.45, 7) is 3.89. The van der Waals surface area contributed by atoms with Gasteiger partial charge in [-0.2, -0.15) is 0 Å². The third kappa shape index (κ3) is 2.39. The second-order valence-electron chi connectivity index (χ2n) is 4.75. The minimum atomic E-state index is -0.568. The van der Waals surface area contributed by atoms with E-state index in [9.17, 15) is 4.79 Å². The van der Waals surface area contributed by atoms with Crippen LogP contribution in [-0.4, -0.2) is 15.9 Å². The van der Waals surface area contributed by atoms with Crippen molar-refractivity contribution in [2.24, 2.45) is 5.73 Å². The summed E-state index contributed by atoms with van der Waals surface area (Å²) < 4.78 is 0. The molecule has 2 heterocycles. The number of hydrogen-bond donors (Lipinski definition) is 2. The van der Waals surface area contributed by atoms with Gasteiger partial charge in [0.2, 0.25) is 5.91 Å². The van der Waals surface area contributed by atoms with E-state index in [1.165, 1.54) is 11.8 Å². The number of carbonyl (C=O) groups excluding carboxylic acids is 1. The molecule has 1 aromatic heterocycles. The number of fused-ring (bicyclic) bond motifs is 1. The van der Waals surface area contributed by atoms with E-state index in [2.05, 4.69) is 15.3 Å². The Bertz CT molecular complexity index is 681. The molecule has 1 aliphatic heterocycles. The summed E-state index contributed by atoms with van der Waals surface area (Å²) in [7, 11) is 0. The molecule has 1 amide bonds. The molecule has 6 heteroatoms. The molecule has 0 radical (unpaired) electrons. The summed E-state index contributed by atoms with van der Waals surface area (Å²) in [5, 5.41) is 3.48. The second-order valence-corrected chi connectivity index (χ2v) is 5.79. The SMILES string of the molecule is Cc1cc(C)nc(Sc2ccc3c(c2)NC(=O)C3N)n1. The van der Waals surface area contributed by atoms with Crippen molar-refractivity contribution in [3.8, 4) is 0 Å². The first kappa shape index (κ1) is 13.1. The maximum atomic E-state index is 11.5. The van der Waals surface area contributed by atoms with E-state index in [0.717, 1.165) is 27.5 Å². The van der Waals surface area contributed by atoms with Gasteiger partial charge < -0.3 is 11.1 Å². The van der Waals surface area contributed by atoms with Gasteiger partial charge >= 0.3 is 0 Å². The lowest BCUT2D eigenvalue weighted by Gasteiger charge is -2.05. The highest BCUT2D eigenvalue weighted by Gasteiger charge is 2.27. The molecule has 3 rings (SSSR count). The molecule has 2 aromatic rings. The molecule has 1 aromatic carbocycles. The van der Waals surface area contributed by atoms with E-state index < -0.39 is 6.04 Å². The summed E-state index contributed by atoms with van der Waals surface area (Å²) in [6.07, 6.45) is 0. The van der Waals surface area contributed by atoms with Gasteiger partial charge in [-0.3, -0.25) is 4.79 Å². The number of nitrogens with one attached hydrogen (secondary N) is 1. The van der Waals surface area contributed by atoms with Crippen molar-refractivity contribution >= 4 is 23.4 Å². The zero-order chi connectivity index (χ0) is 14.3. The second kappa shape index (κ2) is 4.88. The van der Waals surface area contributed by atoms with Crippen LogP contribution in [0.25, 0.3) is 0 Å². The van der Waals surface area contributed by atoms with Gasteiger partial charge in [0.15, 0.2) is 5.16 Å². The summed E-state index contributed by atoms with van der Waals surface area (Å²) in [4.78, 5) is 21.3. The molecule has 1 aliphatic rings. The molecular formula is C14H14N4OS. The fourth-order valence-corrected chi connectivity index (χ4v) is 3.08. The van der Waals surface area contributed by atoms with Crippen LogP contribution in [0.2, 0.25) is 0 Å². The molecule has 20 heavy (non-hydrogen) atoms. The summed E-state index contributed by atoms with van der Waals surface area (Å²) in [5.74, 6) is -0.162. The molecule has 0 aliphatic carbocycles. The van der Waals surface area contributed by atoms with Gasteiger partial charge in [-0.1, -0.05) is 6.07 Å². The number of rotatable bonds is 2. The molecule has 1 atom stereocenters.